The van der Waals surface area contributed by atoms with E-state index in [-0.39, 0.29) is 28.4 Å². The Labute approximate surface area is 199 Å². The standard InChI is InChI=1S/C24H20BrN3O5/c1-13(29)15-9-10-18(17(25)11-15)28-21(24(31)33-3)20(23(30)32-2)19(16(12-26)22(28)27)14-7-5-4-6-8-14/h4-11,19H,27H2,1-3H3. The van der Waals surface area contributed by atoms with Gasteiger partial charge in [-0.05, 0) is 46.6 Å². The molecule has 8 nitrogen and oxygen atoms in total. The Balaban J connectivity index is 2.41. The van der Waals surface area contributed by atoms with Crippen molar-refractivity contribution in [2.24, 2.45) is 5.73 Å². The van der Waals surface area contributed by atoms with Crippen LogP contribution in [-0.2, 0) is 19.1 Å². The molecule has 0 amide bonds. The number of esters is 2. The van der Waals surface area contributed by atoms with Crippen LogP contribution in [0, 0.1) is 11.3 Å². The molecule has 3 rings (SSSR count). The summed E-state index contributed by atoms with van der Waals surface area (Å²) >= 11 is 3.41. The second-order valence-electron chi connectivity index (χ2n) is 7.06. The molecule has 1 aliphatic heterocycles. The Morgan fingerprint density at radius 2 is 1.70 bits per heavy atom. The third kappa shape index (κ3) is 4.25. The van der Waals surface area contributed by atoms with E-state index in [4.69, 9.17) is 15.2 Å². The Kier molecular flexibility index (Phi) is 6.99. The van der Waals surface area contributed by atoms with Crippen molar-refractivity contribution in [3.8, 4) is 6.07 Å². The smallest absolute Gasteiger partial charge is 0.355 e. The zero-order valence-corrected chi connectivity index (χ0v) is 19.7. The first kappa shape index (κ1) is 23.8. The van der Waals surface area contributed by atoms with Crippen molar-refractivity contribution >= 4 is 39.3 Å². The number of Topliss-reactive ketones (excluding diaryl/α,β-unsaturated/α-hetero) is 1. The molecule has 0 bridgehead atoms. The first-order valence-electron chi connectivity index (χ1n) is 9.72. The summed E-state index contributed by atoms with van der Waals surface area (Å²) in [4.78, 5) is 39.1. The summed E-state index contributed by atoms with van der Waals surface area (Å²) in [5.74, 6) is -2.84. The Morgan fingerprint density at radius 1 is 1.06 bits per heavy atom. The second kappa shape index (κ2) is 9.71. The molecule has 2 N–H and O–H groups in total. The SMILES string of the molecule is COC(=O)C1=C(C(=O)OC)N(c2ccc(C(C)=O)cc2Br)C(N)=C(C#N)C1c1ccccc1. The predicted octanol–water partition coefficient (Wildman–Crippen LogP) is 3.55. The van der Waals surface area contributed by atoms with E-state index in [1.54, 1.807) is 48.5 Å². The van der Waals surface area contributed by atoms with Gasteiger partial charge in [-0.25, -0.2) is 9.59 Å². The van der Waals surface area contributed by atoms with Gasteiger partial charge < -0.3 is 15.2 Å². The van der Waals surface area contributed by atoms with Gasteiger partial charge in [-0.15, -0.1) is 0 Å². The van der Waals surface area contributed by atoms with Crippen molar-refractivity contribution in [3.63, 3.8) is 0 Å². The van der Waals surface area contributed by atoms with Crippen molar-refractivity contribution < 1.29 is 23.9 Å². The van der Waals surface area contributed by atoms with Crippen molar-refractivity contribution in [2.45, 2.75) is 12.8 Å². The number of nitrogens with two attached hydrogens (primary N) is 1. The number of carbonyl (C=O) groups is 3. The quantitative estimate of drug-likeness (QED) is 0.479. The average Bonchev–Trinajstić information content (AvgIpc) is 2.82. The third-order valence-electron chi connectivity index (χ3n) is 5.21. The molecule has 0 saturated carbocycles. The zero-order valence-electron chi connectivity index (χ0n) is 18.1. The van der Waals surface area contributed by atoms with E-state index >= 15 is 0 Å². The molecule has 168 valence electrons. The first-order valence-corrected chi connectivity index (χ1v) is 10.5. The molecule has 1 aliphatic rings. The Hall–Kier alpha value is -3.90. The van der Waals surface area contributed by atoms with E-state index in [2.05, 4.69) is 22.0 Å². The number of rotatable bonds is 5. The average molecular weight is 510 g/mol. The van der Waals surface area contributed by atoms with Crippen LogP contribution in [0.25, 0.3) is 0 Å². The van der Waals surface area contributed by atoms with Crippen LogP contribution >= 0.6 is 15.9 Å². The van der Waals surface area contributed by atoms with Crippen LogP contribution in [0.15, 0.2) is 75.7 Å². The van der Waals surface area contributed by atoms with Gasteiger partial charge in [0.15, 0.2) is 5.78 Å². The number of ketones is 1. The molecule has 0 spiro atoms. The molecule has 0 fully saturated rings. The molecular weight excluding hydrogens is 490 g/mol. The molecule has 1 unspecified atom stereocenters. The molecule has 0 aromatic heterocycles. The minimum Gasteiger partial charge on any atom is -0.466 e. The minimum atomic E-state index is -0.954. The fraction of sp³-hybridized carbons (Fsp3) is 0.167. The van der Waals surface area contributed by atoms with Crippen molar-refractivity contribution in [2.75, 3.05) is 19.1 Å². The van der Waals surface area contributed by atoms with E-state index in [1.807, 2.05) is 0 Å². The van der Waals surface area contributed by atoms with Crippen molar-refractivity contribution in [3.05, 3.63) is 86.8 Å². The van der Waals surface area contributed by atoms with Crippen molar-refractivity contribution in [1.82, 2.24) is 0 Å². The lowest BCUT2D eigenvalue weighted by molar-refractivity contribution is -0.139. The topological polar surface area (TPSA) is 123 Å². The van der Waals surface area contributed by atoms with Gasteiger partial charge in [-0.2, -0.15) is 5.26 Å². The number of hydrogen-bond donors (Lipinski definition) is 1. The number of hydrogen-bond acceptors (Lipinski definition) is 8. The monoisotopic (exact) mass is 509 g/mol. The molecule has 0 aliphatic carbocycles. The highest BCUT2D eigenvalue weighted by Gasteiger charge is 2.43. The van der Waals surface area contributed by atoms with Crippen LogP contribution in [0.4, 0.5) is 5.69 Å². The van der Waals surface area contributed by atoms with Gasteiger partial charge >= 0.3 is 11.9 Å². The van der Waals surface area contributed by atoms with Crippen LogP contribution in [-0.4, -0.2) is 31.9 Å². The Morgan fingerprint density at radius 3 is 2.21 bits per heavy atom. The van der Waals surface area contributed by atoms with E-state index in [1.165, 1.54) is 26.0 Å². The maximum atomic E-state index is 13.0. The molecule has 33 heavy (non-hydrogen) atoms. The highest BCUT2D eigenvalue weighted by molar-refractivity contribution is 9.10. The maximum Gasteiger partial charge on any atom is 0.355 e. The predicted molar refractivity (Wildman–Crippen MR) is 124 cm³/mol. The highest BCUT2D eigenvalue weighted by atomic mass is 79.9. The van der Waals surface area contributed by atoms with Crippen LogP contribution in [0.5, 0.6) is 0 Å². The Bertz CT molecular complexity index is 1240. The number of nitriles is 1. The van der Waals surface area contributed by atoms with Gasteiger partial charge in [0.2, 0.25) is 0 Å². The van der Waals surface area contributed by atoms with Gasteiger partial charge in [0.05, 0.1) is 43.0 Å². The molecule has 1 atom stereocenters. The summed E-state index contributed by atoms with van der Waals surface area (Å²) in [5, 5.41) is 10.0. The number of nitrogens with zero attached hydrogens (tertiary/aromatic N) is 2. The fourth-order valence-electron chi connectivity index (χ4n) is 3.67. The van der Waals surface area contributed by atoms with Gasteiger partial charge in [0.1, 0.15) is 11.5 Å². The van der Waals surface area contributed by atoms with E-state index in [0.29, 0.717) is 21.3 Å². The molecular formula is C24H20BrN3O5. The highest BCUT2D eigenvalue weighted by Crippen LogP contribution is 2.44. The van der Waals surface area contributed by atoms with Gasteiger partial charge in [-0.1, -0.05) is 30.3 Å². The van der Waals surface area contributed by atoms with Gasteiger partial charge in [0, 0.05) is 10.0 Å². The lowest BCUT2D eigenvalue weighted by Crippen LogP contribution is -2.41. The number of carbonyl (C=O) groups excluding carboxylic acids is 3. The normalized spacial score (nSPS) is 15.7. The number of methoxy groups -OCH3 is 2. The number of anilines is 1. The van der Waals surface area contributed by atoms with Crippen molar-refractivity contribution in [1.29, 1.82) is 5.26 Å². The summed E-state index contributed by atoms with van der Waals surface area (Å²) in [6.45, 7) is 1.42. The molecule has 2 aromatic carbocycles. The number of halogens is 1. The molecule has 9 heteroatoms. The minimum absolute atomic E-state index is 0.0526. The van der Waals surface area contributed by atoms with E-state index < -0.39 is 17.9 Å². The maximum absolute atomic E-state index is 13.0. The summed E-state index contributed by atoms with van der Waals surface area (Å²) in [6, 6.07) is 15.5. The van der Waals surface area contributed by atoms with E-state index in [0.717, 1.165) is 0 Å². The number of benzene rings is 2. The second-order valence-corrected chi connectivity index (χ2v) is 7.91. The number of ether oxygens (including phenoxy) is 2. The zero-order chi connectivity index (χ0) is 24.3. The summed E-state index contributed by atoms with van der Waals surface area (Å²) in [6.07, 6.45) is 0. The van der Waals surface area contributed by atoms with E-state index in [9.17, 15) is 19.6 Å². The number of allylic oxidation sites excluding steroid dienone is 1. The summed E-state index contributed by atoms with van der Waals surface area (Å²) in [5.41, 5.74) is 7.54. The molecule has 2 aromatic rings. The molecule has 0 saturated heterocycles. The van der Waals surface area contributed by atoms with Gasteiger partial charge in [-0.3, -0.25) is 9.69 Å². The van der Waals surface area contributed by atoms with Gasteiger partial charge in [0.25, 0.3) is 0 Å². The lowest BCUT2D eigenvalue weighted by Gasteiger charge is -2.36. The first-order chi connectivity index (χ1) is 15.8. The fourth-order valence-corrected chi connectivity index (χ4v) is 4.23. The van der Waals surface area contributed by atoms with Crippen LogP contribution in [0.1, 0.15) is 28.8 Å². The molecule has 0 radical (unpaired) electrons. The third-order valence-corrected chi connectivity index (χ3v) is 5.84. The molecule has 1 heterocycles. The van der Waals surface area contributed by atoms with Crippen LogP contribution < -0.4 is 10.6 Å². The van der Waals surface area contributed by atoms with Crippen LogP contribution in [0.2, 0.25) is 0 Å². The summed E-state index contributed by atoms with van der Waals surface area (Å²) < 4.78 is 10.4. The van der Waals surface area contributed by atoms with Crippen LogP contribution in [0.3, 0.4) is 0 Å². The lowest BCUT2D eigenvalue weighted by atomic mass is 9.81. The summed E-state index contributed by atoms with van der Waals surface area (Å²) in [7, 11) is 2.36. The largest absolute Gasteiger partial charge is 0.466 e.